The molecule has 72 valence electrons. The van der Waals surface area contributed by atoms with Crippen molar-refractivity contribution in [1.82, 2.24) is 0 Å². The van der Waals surface area contributed by atoms with E-state index < -0.39 is 30.5 Å². The molecule has 1 heterocycles. The third-order valence-electron chi connectivity index (χ3n) is 2.13. The van der Waals surface area contributed by atoms with E-state index in [1.165, 1.54) is 0 Å². The molecule has 1 fully saturated rings. The van der Waals surface area contributed by atoms with E-state index in [4.69, 9.17) is 9.84 Å². The standard InChI is InChI=1S/C7H14O5/c1-3-5(9)7(11)6(10)4(2-8)12-3/h3-11H,2H2,1H3/t3?,4?,5-,6?,7-/m1/s1. The topological polar surface area (TPSA) is 90.2 Å². The van der Waals surface area contributed by atoms with Crippen LogP contribution in [0.4, 0.5) is 0 Å². The summed E-state index contributed by atoms with van der Waals surface area (Å²) in [4.78, 5) is 0. The Bertz CT molecular complexity index is 146. The van der Waals surface area contributed by atoms with Crippen molar-refractivity contribution in [3.8, 4) is 0 Å². The van der Waals surface area contributed by atoms with Crippen molar-refractivity contribution in [2.45, 2.75) is 37.4 Å². The second kappa shape index (κ2) is 3.68. The smallest absolute Gasteiger partial charge is 0.111 e. The molecule has 0 aliphatic carbocycles. The van der Waals surface area contributed by atoms with Crippen LogP contribution in [0.5, 0.6) is 0 Å². The van der Waals surface area contributed by atoms with Gasteiger partial charge in [0.15, 0.2) is 0 Å². The van der Waals surface area contributed by atoms with E-state index in [1.807, 2.05) is 0 Å². The van der Waals surface area contributed by atoms with Crippen LogP contribution in [-0.2, 0) is 4.74 Å². The Kier molecular flexibility index (Phi) is 3.03. The highest BCUT2D eigenvalue weighted by molar-refractivity contribution is 4.89. The number of aliphatic hydroxyl groups is 4. The van der Waals surface area contributed by atoms with E-state index in [0.29, 0.717) is 0 Å². The lowest BCUT2D eigenvalue weighted by Crippen LogP contribution is -2.57. The van der Waals surface area contributed by atoms with Gasteiger partial charge in [0.25, 0.3) is 0 Å². The van der Waals surface area contributed by atoms with E-state index in [2.05, 4.69) is 0 Å². The van der Waals surface area contributed by atoms with E-state index in [0.717, 1.165) is 0 Å². The van der Waals surface area contributed by atoms with Crippen LogP contribution >= 0.6 is 0 Å². The lowest BCUT2D eigenvalue weighted by atomic mass is 9.96. The predicted molar refractivity (Wildman–Crippen MR) is 39.4 cm³/mol. The summed E-state index contributed by atoms with van der Waals surface area (Å²) in [5, 5.41) is 36.4. The fourth-order valence-corrected chi connectivity index (χ4v) is 1.29. The molecule has 0 spiro atoms. The number of hydrogen-bond acceptors (Lipinski definition) is 5. The lowest BCUT2D eigenvalue weighted by molar-refractivity contribution is -0.224. The molecule has 1 rings (SSSR count). The van der Waals surface area contributed by atoms with E-state index in [9.17, 15) is 15.3 Å². The molecule has 4 N–H and O–H groups in total. The molecule has 1 aliphatic heterocycles. The zero-order valence-electron chi connectivity index (χ0n) is 6.79. The summed E-state index contributed by atoms with van der Waals surface area (Å²) in [6.07, 6.45) is -4.94. The summed E-state index contributed by atoms with van der Waals surface area (Å²) in [5.74, 6) is 0. The highest BCUT2D eigenvalue weighted by Gasteiger charge is 2.41. The van der Waals surface area contributed by atoms with Crippen LogP contribution in [0.1, 0.15) is 6.92 Å². The molecular formula is C7H14O5. The molecule has 5 heteroatoms. The maximum Gasteiger partial charge on any atom is 0.111 e. The molecule has 0 aromatic carbocycles. The number of hydrogen-bond donors (Lipinski definition) is 4. The second-order valence-electron chi connectivity index (χ2n) is 3.03. The second-order valence-corrected chi connectivity index (χ2v) is 3.03. The minimum Gasteiger partial charge on any atom is -0.394 e. The van der Waals surface area contributed by atoms with Crippen molar-refractivity contribution in [3.05, 3.63) is 0 Å². The van der Waals surface area contributed by atoms with Gasteiger partial charge in [0, 0.05) is 0 Å². The molecule has 3 unspecified atom stereocenters. The van der Waals surface area contributed by atoms with Crippen molar-refractivity contribution in [2.75, 3.05) is 6.61 Å². The Labute approximate surface area is 70.2 Å². The van der Waals surface area contributed by atoms with E-state index in [1.54, 1.807) is 6.92 Å². The van der Waals surface area contributed by atoms with Gasteiger partial charge in [-0.1, -0.05) is 0 Å². The quantitative estimate of drug-likeness (QED) is 0.367. The summed E-state index contributed by atoms with van der Waals surface area (Å²) in [7, 11) is 0. The van der Waals surface area contributed by atoms with Gasteiger partial charge in [-0.15, -0.1) is 0 Å². The Morgan fingerprint density at radius 1 is 1.08 bits per heavy atom. The largest absolute Gasteiger partial charge is 0.394 e. The third-order valence-corrected chi connectivity index (χ3v) is 2.13. The minimum atomic E-state index is -1.24. The molecule has 0 radical (unpaired) electrons. The van der Waals surface area contributed by atoms with Gasteiger partial charge in [-0.05, 0) is 6.92 Å². The van der Waals surface area contributed by atoms with E-state index >= 15 is 0 Å². The van der Waals surface area contributed by atoms with Crippen LogP contribution in [0, 0.1) is 0 Å². The molecule has 12 heavy (non-hydrogen) atoms. The monoisotopic (exact) mass is 178 g/mol. The molecule has 0 amide bonds. The summed E-state index contributed by atoms with van der Waals surface area (Å²) in [6.45, 7) is 1.21. The normalized spacial score (nSPS) is 49.2. The Balaban J connectivity index is 2.63. The van der Waals surface area contributed by atoms with Crippen LogP contribution in [0.15, 0.2) is 0 Å². The molecule has 0 saturated carbocycles. The van der Waals surface area contributed by atoms with Gasteiger partial charge < -0.3 is 25.2 Å². The Morgan fingerprint density at radius 3 is 2.17 bits per heavy atom. The summed E-state index contributed by atoms with van der Waals surface area (Å²) in [6, 6.07) is 0. The number of rotatable bonds is 1. The maximum absolute atomic E-state index is 9.23. The molecule has 1 saturated heterocycles. The van der Waals surface area contributed by atoms with Gasteiger partial charge in [0.1, 0.15) is 24.4 Å². The summed E-state index contributed by atoms with van der Waals surface area (Å²) >= 11 is 0. The fourth-order valence-electron chi connectivity index (χ4n) is 1.29. The zero-order chi connectivity index (χ0) is 9.30. The Hall–Kier alpha value is -0.200. The van der Waals surface area contributed by atoms with Gasteiger partial charge in [0.05, 0.1) is 12.7 Å². The van der Waals surface area contributed by atoms with Crippen LogP contribution in [0.3, 0.4) is 0 Å². The molecule has 0 aromatic heterocycles. The maximum atomic E-state index is 9.23. The van der Waals surface area contributed by atoms with Crippen LogP contribution in [0.25, 0.3) is 0 Å². The average Bonchev–Trinajstić information content (AvgIpc) is 2.08. The molecule has 5 atom stereocenters. The first-order valence-electron chi connectivity index (χ1n) is 3.88. The zero-order valence-corrected chi connectivity index (χ0v) is 6.79. The van der Waals surface area contributed by atoms with Crippen LogP contribution in [-0.4, -0.2) is 57.6 Å². The highest BCUT2D eigenvalue weighted by Crippen LogP contribution is 2.20. The van der Waals surface area contributed by atoms with Crippen LogP contribution in [0.2, 0.25) is 0 Å². The number of ether oxygens (including phenoxy) is 1. The Morgan fingerprint density at radius 2 is 1.67 bits per heavy atom. The lowest BCUT2D eigenvalue weighted by Gasteiger charge is -2.38. The predicted octanol–water partition coefficient (Wildman–Crippen LogP) is -2.15. The van der Waals surface area contributed by atoms with Gasteiger partial charge in [-0.3, -0.25) is 0 Å². The fraction of sp³-hybridized carbons (Fsp3) is 1.00. The average molecular weight is 178 g/mol. The van der Waals surface area contributed by atoms with Crippen molar-refractivity contribution in [1.29, 1.82) is 0 Å². The van der Waals surface area contributed by atoms with Gasteiger partial charge in [-0.25, -0.2) is 0 Å². The first kappa shape index (κ1) is 9.88. The summed E-state index contributed by atoms with van der Waals surface area (Å²) in [5.41, 5.74) is 0. The van der Waals surface area contributed by atoms with Gasteiger partial charge >= 0.3 is 0 Å². The van der Waals surface area contributed by atoms with Crippen molar-refractivity contribution >= 4 is 0 Å². The van der Waals surface area contributed by atoms with Crippen molar-refractivity contribution in [2.24, 2.45) is 0 Å². The molecule has 0 aromatic rings. The number of aliphatic hydroxyl groups excluding tert-OH is 4. The first-order valence-corrected chi connectivity index (χ1v) is 3.88. The molecule has 5 nitrogen and oxygen atoms in total. The SMILES string of the molecule is CC1OC(CO)C(O)[C@H](O)[C@@H]1O. The van der Waals surface area contributed by atoms with E-state index in [-0.39, 0.29) is 6.61 Å². The minimum absolute atomic E-state index is 0.366. The van der Waals surface area contributed by atoms with Crippen molar-refractivity contribution in [3.63, 3.8) is 0 Å². The van der Waals surface area contributed by atoms with Gasteiger partial charge in [0.2, 0.25) is 0 Å². The van der Waals surface area contributed by atoms with Gasteiger partial charge in [-0.2, -0.15) is 0 Å². The first-order chi connectivity index (χ1) is 5.57. The highest BCUT2D eigenvalue weighted by atomic mass is 16.5. The van der Waals surface area contributed by atoms with Crippen LogP contribution < -0.4 is 0 Å². The molecule has 1 aliphatic rings. The summed E-state index contributed by atoms with van der Waals surface area (Å²) < 4.78 is 5.02. The van der Waals surface area contributed by atoms with Crippen molar-refractivity contribution < 1.29 is 25.2 Å². The molecular weight excluding hydrogens is 164 g/mol. The molecule has 0 bridgehead atoms. The third kappa shape index (κ3) is 1.60.